The van der Waals surface area contributed by atoms with Crippen LogP contribution in [0.15, 0.2) is 11.6 Å². The molecule has 4 heteroatoms. The summed E-state index contributed by atoms with van der Waals surface area (Å²) in [6.07, 6.45) is 0.713. The van der Waals surface area contributed by atoms with Crippen molar-refractivity contribution in [3.05, 3.63) is 11.6 Å². The van der Waals surface area contributed by atoms with Crippen LogP contribution in [0.5, 0.6) is 0 Å². The maximum atomic E-state index is 10.5. The predicted molar refractivity (Wildman–Crippen MR) is 55.4 cm³/mol. The lowest BCUT2D eigenvalue weighted by Gasteiger charge is -2.28. The molecule has 86 valence electrons. The van der Waals surface area contributed by atoms with Crippen LogP contribution in [0.25, 0.3) is 0 Å². The van der Waals surface area contributed by atoms with Crippen molar-refractivity contribution in [1.82, 2.24) is 0 Å². The van der Waals surface area contributed by atoms with Gasteiger partial charge in [-0.15, -0.1) is 0 Å². The molecule has 0 aliphatic carbocycles. The summed E-state index contributed by atoms with van der Waals surface area (Å²) in [5, 5.41) is 19.9. The highest BCUT2D eigenvalue weighted by atomic mass is 16.6. The van der Waals surface area contributed by atoms with Crippen molar-refractivity contribution in [3.8, 4) is 0 Å². The van der Waals surface area contributed by atoms with Crippen molar-refractivity contribution in [1.29, 1.82) is 0 Å². The summed E-state index contributed by atoms with van der Waals surface area (Å²) in [4.78, 5) is 10.5. The number of carbonyl (C=O) groups is 1. The normalized spacial score (nSPS) is 46.9. The number of aliphatic hydroxyl groups excluding tert-OH is 1. The Labute approximate surface area is 89.6 Å². The average Bonchev–Trinajstić information content (AvgIpc) is 2.28. The fraction of sp³-hybridized carbons (Fsp3) is 0.727. The third-order valence-electron chi connectivity index (χ3n) is 3.05. The zero-order valence-electron chi connectivity index (χ0n) is 9.52. The largest absolute Gasteiger partial charge is 0.387 e. The number of hydrogen-bond acceptors (Lipinski definition) is 4. The molecule has 1 heterocycles. The molecule has 0 aromatic heterocycles. The second-order valence-electron chi connectivity index (χ2n) is 4.58. The van der Waals surface area contributed by atoms with E-state index in [1.165, 1.54) is 6.92 Å². The van der Waals surface area contributed by atoms with E-state index in [4.69, 9.17) is 4.74 Å². The van der Waals surface area contributed by atoms with Crippen LogP contribution in [0.3, 0.4) is 0 Å². The van der Waals surface area contributed by atoms with Gasteiger partial charge < -0.3 is 14.9 Å². The van der Waals surface area contributed by atoms with Crippen LogP contribution in [0.2, 0.25) is 0 Å². The van der Waals surface area contributed by atoms with Crippen molar-refractivity contribution in [3.63, 3.8) is 0 Å². The summed E-state index contributed by atoms with van der Waals surface area (Å²) in [5.74, 6) is 0. The van der Waals surface area contributed by atoms with Gasteiger partial charge in [-0.3, -0.25) is 4.79 Å². The first-order valence-corrected chi connectivity index (χ1v) is 4.97. The zero-order chi connectivity index (χ0) is 11.9. The van der Waals surface area contributed by atoms with Crippen LogP contribution in [0, 0.1) is 0 Å². The number of allylic oxidation sites excluding steroid dienone is 1. The van der Waals surface area contributed by atoms with Crippen molar-refractivity contribution < 1.29 is 19.7 Å². The van der Waals surface area contributed by atoms with Gasteiger partial charge in [-0.25, -0.2) is 0 Å². The number of aliphatic hydroxyl groups is 2. The van der Waals surface area contributed by atoms with Crippen LogP contribution in [-0.2, 0) is 9.53 Å². The quantitative estimate of drug-likeness (QED) is 0.516. The molecule has 4 nitrogen and oxygen atoms in total. The van der Waals surface area contributed by atoms with E-state index in [2.05, 4.69) is 0 Å². The fourth-order valence-electron chi connectivity index (χ4n) is 1.97. The minimum Gasteiger partial charge on any atom is -0.387 e. The van der Waals surface area contributed by atoms with E-state index in [1.54, 1.807) is 26.8 Å². The third-order valence-corrected chi connectivity index (χ3v) is 3.05. The van der Waals surface area contributed by atoms with E-state index >= 15 is 0 Å². The average molecular weight is 214 g/mol. The second kappa shape index (κ2) is 3.70. The number of ether oxygens (including phenoxy) is 1. The van der Waals surface area contributed by atoms with Crippen LogP contribution < -0.4 is 0 Å². The van der Waals surface area contributed by atoms with Crippen LogP contribution in [-0.4, -0.2) is 39.9 Å². The molecule has 0 saturated carbocycles. The first-order valence-electron chi connectivity index (χ1n) is 4.97. The topological polar surface area (TPSA) is 66.8 Å². The monoisotopic (exact) mass is 214 g/mol. The molecule has 1 fully saturated rings. The molecule has 0 bridgehead atoms. The highest BCUT2D eigenvalue weighted by Crippen LogP contribution is 2.39. The summed E-state index contributed by atoms with van der Waals surface area (Å²) in [6.45, 7) is 6.50. The predicted octanol–water partition coefficient (Wildman–Crippen LogP) is 0.421. The van der Waals surface area contributed by atoms with Gasteiger partial charge in [0.1, 0.15) is 23.6 Å². The lowest BCUT2D eigenvalue weighted by molar-refractivity contribution is -0.105. The van der Waals surface area contributed by atoms with E-state index in [0.717, 1.165) is 0 Å². The Bertz CT molecular complexity index is 295. The van der Waals surface area contributed by atoms with Gasteiger partial charge in [0.25, 0.3) is 0 Å². The lowest BCUT2D eigenvalue weighted by atomic mass is 9.86. The Hall–Kier alpha value is -0.710. The standard InChI is InChI=1S/C11H18O4/c1-7(6-12)5-10(3)9(13)11(4,14)8(2)15-10/h5-6,8-9,13-14H,1-4H3/b7-5+/t8-,9-,10-,11-/m0/s1. The van der Waals surface area contributed by atoms with E-state index in [9.17, 15) is 15.0 Å². The molecule has 1 aliphatic heterocycles. The Kier molecular flexibility index (Phi) is 3.05. The van der Waals surface area contributed by atoms with Crippen molar-refractivity contribution >= 4 is 6.29 Å². The molecule has 4 atom stereocenters. The molecule has 0 aromatic rings. The Balaban J connectivity index is 3.03. The van der Waals surface area contributed by atoms with Gasteiger partial charge in [0.15, 0.2) is 0 Å². The Morgan fingerprint density at radius 3 is 2.33 bits per heavy atom. The zero-order valence-corrected chi connectivity index (χ0v) is 9.52. The molecule has 0 aromatic carbocycles. The van der Waals surface area contributed by atoms with Gasteiger partial charge in [0.2, 0.25) is 0 Å². The van der Waals surface area contributed by atoms with E-state index in [-0.39, 0.29) is 0 Å². The number of aldehydes is 1. The Morgan fingerprint density at radius 2 is 2.00 bits per heavy atom. The van der Waals surface area contributed by atoms with Crippen molar-refractivity contribution in [2.24, 2.45) is 0 Å². The number of rotatable bonds is 2. The van der Waals surface area contributed by atoms with Crippen LogP contribution in [0.1, 0.15) is 27.7 Å². The molecule has 0 unspecified atom stereocenters. The maximum absolute atomic E-state index is 10.5. The summed E-state index contributed by atoms with van der Waals surface area (Å²) in [6, 6.07) is 0. The maximum Gasteiger partial charge on any atom is 0.145 e. The third kappa shape index (κ3) is 1.97. The second-order valence-corrected chi connectivity index (χ2v) is 4.58. The van der Waals surface area contributed by atoms with E-state index in [0.29, 0.717) is 11.9 Å². The lowest BCUT2D eigenvalue weighted by Crippen LogP contribution is -2.47. The highest BCUT2D eigenvalue weighted by molar-refractivity contribution is 5.72. The van der Waals surface area contributed by atoms with Crippen LogP contribution in [0.4, 0.5) is 0 Å². The smallest absolute Gasteiger partial charge is 0.145 e. The van der Waals surface area contributed by atoms with E-state index < -0.39 is 23.4 Å². The van der Waals surface area contributed by atoms with Gasteiger partial charge in [-0.1, -0.05) is 0 Å². The summed E-state index contributed by atoms with van der Waals surface area (Å²) in [7, 11) is 0. The fourth-order valence-corrected chi connectivity index (χ4v) is 1.97. The number of hydrogen-bond donors (Lipinski definition) is 2. The first kappa shape index (κ1) is 12.4. The summed E-state index contributed by atoms with van der Waals surface area (Å²) >= 11 is 0. The molecule has 15 heavy (non-hydrogen) atoms. The minimum absolute atomic E-state index is 0.474. The summed E-state index contributed by atoms with van der Waals surface area (Å²) < 4.78 is 5.51. The molecule has 2 N–H and O–H groups in total. The molecule has 0 spiro atoms. The van der Waals surface area contributed by atoms with E-state index in [1.807, 2.05) is 0 Å². The number of carbonyl (C=O) groups excluding carboxylic acids is 1. The molecule has 1 aliphatic rings. The minimum atomic E-state index is -1.30. The highest BCUT2D eigenvalue weighted by Gasteiger charge is 2.55. The molecule has 0 radical (unpaired) electrons. The van der Waals surface area contributed by atoms with Crippen molar-refractivity contribution in [2.45, 2.75) is 51.1 Å². The molecule has 1 rings (SSSR count). The molecular formula is C11H18O4. The van der Waals surface area contributed by atoms with Gasteiger partial charge in [-0.2, -0.15) is 0 Å². The molecular weight excluding hydrogens is 196 g/mol. The summed E-state index contributed by atoms with van der Waals surface area (Å²) in [5.41, 5.74) is -1.83. The SMILES string of the molecule is C/C(C=O)=C\[C@]1(C)O[C@@H](C)[C@](C)(O)[C@H]1O. The van der Waals surface area contributed by atoms with Gasteiger partial charge in [-0.05, 0) is 39.3 Å². The van der Waals surface area contributed by atoms with Gasteiger partial charge in [0.05, 0.1) is 6.10 Å². The first-order chi connectivity index (χ1) is 6.74. The molecule has 1 saturated heterocycles. The Morgan fingerprint density at radius 1 is 1.47 bits per heavy atom. The van der Waals surface area contributed by atoms with Gasteiger partial charge >= 0.3 is 0 Å². The van der Waals surface area contributed by atoms with Gasteiger partial charge in [0, 0.05) is 0 Å². The van der Waals surface area contributed by atoms with Crippen molar-refractivity contribution in [2.75, 3.05) is 0 Å². The van der Waals surface area contributed by atoms with Crippen LogP contribution >= 0.6 is 0 Å². The molecule has 0 amide bonds.